The van der Waals surface area contributed by atoms with E-state index < -0.39 is 0 Å². The van der Waals surface area contributed by atoms with Gasteiger partial charge in [0.15, 0.2) is 0 Å². The second-order valence-corrected chi connectivity index (χ2v) is 5.46. The molecule has 1 aromatic rings. The summed E-state index contributed by atoms with van der Waals surface area (Å²) in [6, 6.07) is 11.5. The first kappa shape index (κ1) is 10.7. The Morgan fingerprint density at radius 3 is 2.67 bits per heavy atom. The molecular weight excluding hydrogens is 182 g/mol. The van der Waals surface area contributed by atoms with E-state index in [-0.39, 0.29) is 0 Å². The molecule has 1 aliphatic heterocycles. The molecule has 0 aromatic heterocycles. The highest BCUT2D eigenvalue weighted by Crippen LogP contribution is 2.30. The van der Waals surface area contributed by atoms with E-state index in [0.29, 0.717) is 11.5 Å². The summed E-state index contributed by atoms with van der Waals surface area (Å²) in [5.74, 6) is 0. The molecule has 1 unspecified atom stereocenters. The minimum atomic E-state index is 0.519. The molecule has 0 amide bonds. The highest BCUT2D eigenvalue weighted by molar-refractivity contribution is 5.16. The molecule has 1 N–H and O–H groups in total. The third-order valence-electron chi connectivity index (χ3n) is 3.36. The van der Waals surface area contributed by atoms with E-state index in [1.54, 1.807) is 0 Å². The third-order valence-corrected chi connectivity index (χ3v) is 3.36. The highest BCUT2D eigenvalue weighted by atomic mass is 14.9. The molecule has 0 radical (unpaired) electrons. The van der Waals surface area contributed by atoms with Gasteiger partial charge in [-0.2, -0.15) is 0 Å². The van der Waals surface area contributed by atoms with Crippen LogP contribution in [0.1, 0.15) is 32.3 Å². The van der Waals surface area contributed by atoms with Crippen molar-refractivity contribution < 1.29 is 0 Å². The van der Waals surface area contributed by atoms with Gasteiger partial charge in [-0.05, 0) is 36.8 Å². The average molecular weight is 203 g/mol. The van der Waals surface area contributed by atoms with Crippen molar-refractivity contribution in [2.45, 2.75) is 39.2 Å². The molecule has 1 aliphatic rings. The van der Waals surface area contributed by atoms with Gasteiger partial charge >= 0.3 is 0 Å². The number of piperidine rings is 1. The van der Waals surface area contributed by atoms with E-state index in [9.17, 15) is 0 Å². The van der Waals surface area contributed by atoms with Crippen LogP contribution in [0.2, 0.25) is 0 Å². The normalized spacial score (nSPS) is 25.1. The molecule has 1 heteroatoms. The predicted octanol–water partition coefficient (Wildman–Crippen LogP) is 3.01. The summed E-state index contributed by atoms with van der Waals surface area (Å²) in [6.45, 7) is 5.93. The molecule has 0 aliphatic carbocycles. The maximum absolute atomic E-state index is 3.62. The van der Waals surface area contributed by atoms with E-state index in [1.807, 2.05) is 0 Å². The summed E-state index contributed by atoms with van der Waals surface area (Å²) < 4.78 is 0. The van der Waals surface area contributed by atoms with Crippen molar-refractivity contribution in [3.05, 3.63) is 35.9 Å². The lowest BCUT2D eigenvalue weighted by Gasteiger charge is -2.36. The smallest absolute Gasteiger partial charge is 0.0113 e. The lowest BCUT2D eigenvalue weighted by atomic mass is 9.78. The Labute approximate surface area is 92.9 Å². The van der Waals surface area contributed by atoms with Crippen molar-refractivity contribution in [3.63, 3.8) is 0 Å². The zero-order valence-corrected chi connectivity index (χ0v) is 9.79. The Hall–Kier alpha value is -0.820. The summed E-state index contributed by atoms with van der Waals surface area (Å²) >= 11 is 0. The van der Waals surface area contributed by atoms with E-state index in [4.69, 9.17) is 0 Å². The Morgan fingerprint density at radius 2 is 2.00 bits per heavy atom. The Balaban J connectivity index is 1.95. The molecule has 82 valence electrons. The van der Waals surface area contributed by atoms with Crippen molar-refractivity contribution in [1.29, 1.82) is 0 Å². The fraction of sp³-hybridized carbons (Fsp3) is 0.571. The molecule has 1 saturated heterocycles. The first-order valence-electron chi connectivity index (χ1n) is 5.93. The summed E-state index contributed by atoms with van der Waals surface area (Å²) in [4.78, 5) is 0. The fourth-order valence-corrected chi connectivity index (χ4v) is 2.50. The quantitative estimate of drug-likeness (QED) is 0.779. The lowest BCUT2D eigenvalue weighted by Crippen LogP contribution is -2.42. The molecular formula is C14H21N. The van der Waals surface area contributed by atoms with Crippen molar-refractivity contribution >= 4 is 0 Å². The van der Waals surface area contributed by atoms with Gasteiger partial charge in [-0.15, -0.1) is 0 Å². The molecule has 0 spiro atoms. The Kier molecular flexibility index (Phi) is 3.11. The van der Waals surface area contributed by atoms with Crippen LogP contribution in [0, 0.1) is 5.41 Å². The molecule has 1 heterocycles. The van der Waals surface area contributed by atoms with Gasteiger partial charge in [0.05, 0.1) is 0 Å². The van der Waals surface area contributed by atoms with Gasteiger partial charge in [-0.3, -0.25) is 0 Å². The van der Waals surface area contributed by atoms with Crippen LogP contribution in [0.3, 0.4) is 0 Å². The molecule has 0 saturated carbocycles. The topological polar surface area (TPSA) is 12.0 Å². The van der Waals surface area contributed by atoms with Crippen molar-refractivity contribution in [3.8, 4) is 0 Å². The SMILES string of the molecule is CC1(C)CCNC(Cc2ccccc2)C1. The van der Waals surface area contributed by atoms with Crippen LogP contribution in [0.4, 0.5) is 0 Å². The third kappa shape index (κ3) is 3.07. The second kappa shape index (κ2) is 4.36. The molecule has 1 atom stereocenters. The number of hydrogen-bond donors (Lipinski definition) is 1. The van der Waals surface area contributed by atoms with E-state index >= 15 is 0 Å². The van der Waals surface area contributed by atoms with E-state index in [1.165, 1.54) is 31.4 Å². The highest BCUT2D eigenvalue weighted by Gasteiger charge is 2.27. The van der Waals surface area contributed by atoms with Crippen LogP contribution in [0.25, 0.3) is 0 Å². The Bertz CT molecular complexity index is 302. The number of benzene rings is 1. The van der Waals surface area contributed by atoms with E-state index in [0.717, 1.165) is 0 Å². The second-order valence-electron chi connectivity index (χ2n) is 5.46. The lowest BCUT2D eigenvalue weighted by molar-refractivity contribution is 0.208. The molecule has 15 heavy (non-hydrogen) atoms. The minimum absolute atomic E-state index is 0.519. The molecule has 0 bridgehead atoms. The number of rotatable bonds is 2. The predicted molar refractivity (Wildman–Crippen MR) is 65.0 cm³/mol. The van der Waals surface area contributed by atoms with Gasteiger partial charge in [-0.25, -0.2) is 0 Å². The Morgan fingerprint density at radius 1 is 1.27 bits per heavy atom. The maximum atomic E-state index is 3.62. The average Bonchev–Trinajstić information content (AvgIpc) is 2.17. The van der Waals surface area contributed by atoms with Crippen LogP contribution < -0.4 is 5.32 Å². The van der Waals surface area contributed by atoms with Gasteiger partial charge in [0.25, 0.3) is 0 Å². The summed E-state index contributed by atoms with van der Waals surface area (Å²) in [5, 5.41) is 3.62. The molecule has 1 fully saturated rings. The largest absolute Gasteiger partial charge is 0.314 e. The van der Waals surface area contributed by atoms with Crippen molar-refractivity contribution in [2.75, 3.05) is 6.54 Å². The van der Waals surface area contributed by atoms with Crippen LogP contribution in [0.5, 0.6) is 0 Å². The number of nitrogens with one attached hydrogen (secondary N) is 1. The first-order valence-corrected chi connectivity index (χ1v) is 5.93. The van der Waals surface area contributed by atoms with Crippen LogP contribution in [0.15, 0.2) is 30.3 Å². The van der Waals surface area contributed by atoms with Crippen molar-refractivity contribution in [1.82, 2.24) is 5.32 Å². The van der Waals surface area contributed by atoms with E-state index in [2.05, 4.69) is 49.5 Å². The first-order chi connectivity index (χ1) is 7.16. The zero-order valence-electron chi connectivity index (χ0n) is 9.79. The van der Waals surface area contributed by atoms with Gasteiger partial charge in [0.1, 0.15) is 0 Å². The van der Waals surface area contributed by atoms with Crippen molar-refractivity contribution in [2.24, 2.45) is 5.41 Å². The summed E-state index contributed by atoms with van der Waals surface area (Å²) in [5.41, 5.74) is 1.97. The van der Waals surface area contributed by atoms with Gasteiger partial charge in [0, 0.05) is 6.04 Å². The monoisotopic (exact) mass is 203 g/mol. The maximum Gasteiger partial charge on any atom is 0.0113 e. The minimum Gasteiger partial charge on any atom is -0.314 e. The van der Waals surface area contributed by atoms with Crippen LogP contribution in [-0.4, -0.2) is 12.6 Å². The van der Waals surface area contributed by atoms with Crippen LogP contribution in [-0.2, 0) is 6.42 Å². The molecule has 1 aromatic carbocycles. The summed E-state index contributed by atoms with van der Waals surface area (Å²) in [7, 11) is 0. The fourth-order valence-electron chi connectivity index (χ4n) is 2.50. The zero-order chi connectivity index (χ0) is 10.7. The molecule has 2 rings (SSSR count). The van der Waals surface area contributed by atoms with Gasteiger partial charge < -0.3 is 5.32 Å². The summed E-state index contributed by atoms with van der Waals surface area (Å²) in [6.07, 6.45) is 3.77. The van der Waals surface area contributed by atoms with Crippen LogP contribution >= 0.6 is 0 Å². The number of hydrogen-bond acceptors (Lipinski definition) is 1. The van der Waals surface area contributed by atoms with Gasteiger partial charge in [0.2, 0.25) is 0 Å². The van der Waals surface area contributed by atoms with Gasteiger partial charge in [-0.1, -0.05) is 44.2 Å². The molecule has 1 nitrogen and oxygen atoms in total. The standard InChI is InChI=1S/C14H21N/c1-14(2)8-9-15-13(11-14)10-12-6-4-3-5-7-12/h3-7,13,15H,8-11H2,1-2H3.